The van der Waals surface area contributed by atoms with Crippen LogP contribution in [0.4, 0.5) is 5.69 Å². The smallest absolute Gasteiger partial charge is 0.691 e. The molecular formula is C60H77N12NaO20S2. The molecule has 0 spiro atoms. The Labute approximate surface area is 575 Å². The molecule has 510 valence electrons. The number of anilines is 1. The number of benzene rings is 3. The number of fused-ring (bicyclic) bond motifs is 2. The monoisotopic (exact) mass is 1370 g/mol. The van der Waals surface area contributed by atoms with Crippen molar-refractivity contribution in [2.75, 3.05) is 50.7 Å². The number of β-amino-alcohol motifs (C(OH)–C–C–N with tert-alkyl or cyclic N) is 1. The summed E-state index contributed by atoms with van der Waals surface area (Å²) in [5, 5.41) is 126. The van der Waals surface area contributed by atoms with Crippen LogP contribution in [0.2, 0.25) is 0 Å². The third-order valence-electron chi connectivity index (χ3n) is 17.6. The fraction of sp³-hybridized carbons (Fsp3) is 0.533. The fourth-order valence-electron chi connectivity index (χ4n) is 12.5. The Morgan fingerprint density at radius 3 is 2.02 bits per heavy atom. The van der Waals surface area contributed by atoms with Crippen molar-refractivity contribution in [3.8, 4) is 32.6 Å². The minimum atomic E-state index is -2.54. The number of phenols is 1. The molecule has 8 amide bonds. The topological polar surface area (TPSA) is 474 Å². The number of rotatable bonds is 17. The molecule has 5 heterocycles. The van der Waals surface area contributed by atoms with Gasteiger partial charge in [-0.05, 0) is 73.9 Å². The van der Waals surface area contributed by atoms with Gasteiger partial charge >= 0.3 is 29.6 Å². The van der Waals surface area contributed by atoms with Gasteiger partial charge < -0.3 is 97.3 Å². The zero-order valence-corrected chi connectivity index (χ0v) is 55.8. The van der Waals surface area contributed by atoms with E-state index in [0.717, 1.165) is 72.4 Å². The average Bonchev–Trinajstić information content (AvgIpc) is 1.73. The third-order valence-corrected chi connectivity index (χ3v) is 19.0. The van der Waals surface area contributed by atoms with E-state index in [2.05, 4.69) is 68.1 Å². The molecule has 3 aromatic carbocycles. The van der Waals surface area contributed by atoms with Crippen molar-refractivity contribution in [3.05, 3.63) is 77.9 Å². The molecule has 1 aliphatic carbocycles. The number of phenolic OH excluding ortho intramolecular Hbond substituents is 1. The maximum absolute atomic E-state index is 14.7. The van der Waals surface area contributed by atoms with Gasteiger partial charge in [-0.2, -0.15) is 0 Å². The summed E-state index contributed by atoms with van der Waals surface area (Å²) in [5.41, 5.74) is 7.61. The summed E-state index contributed by atoms with van der Waals surface area (Å²) < 4.78 is 9.06. The number of carbonyl (C=O) groups is 8. The summed E-state index contributed by atoms with van der Waals surface area (Å²) in [6.45, 7) is 4.64. The van der Waals surface area contributed by atoms with Crippen molar-refractivity contribution in [1.29, 1.82) is 0 Å². The maximum Gasteiger partial charge on any atom is 1.00 e. The van der Waals surface area contributed by atoms with E-state index in [4.69, 9.17) is 9.92 Å². The number of aromatic hydroxyl groups is 1. The van der Waals surface area contributed by atoms with Crippen LogP contribution < -0.4 is 76.2 Å². The van der Waals surface area contributed by atoms with Gasteiger partial charge in [0.05, 0.1) is 36.9 Å². The van der Waals surface area contributed by atoms with Gasteiger partial charge in [-0.15, -0.1) is 14.5 Å². The molecule has 14 atom stereocenters. The van der Waals surface area contributed by atoms with Crippen molar-refractivity contribution >= 4 is 76.6 Å². The zero-order valence-electron chi connectivity index (χ0n) is 52.2. The first-order valence-electron chi connectivity index (χ1n) is 30.7. The third kappa shape index (κ3) is 18.1. The Hall–Kier alpha value is -6.71. The molecule has 9 rings (SSSR count). The standard InChI is InChI=1S/C60H78N12O20S2.Na/c1-29-27-72-48(49(29)79)56(86)62-26-37(74)23-39(63-52(82)31-8-10-32(11-9-31)57-67-68-58(93-57)33-12-15-36(16-13-33)70-20-18-69(19-21-70)35-6-4-3-5-7-35)53(83)64-45(30(2)73)59(87)71-28-38(75)24-40(71)54(84)66-47(55(85)65-46(60(72)88)42(77)25-44(61)78)51(81)50(80)34-14-17-41(76)43(22-34)90-94-92-91-89;/h8-17,22,29-30,35,37-40,42,45-51,73-77,79-81,89H,3-7,18-21,23-28H2,1-2H3,(H2,61,78)(H,62,86)(H,63,82)(H,64,83)(H,65,85)(H,66,84);/q;+1/p-1/t29?,30?,37?,38?,39-,40?,42?,45?,46?,47?,48?,49?,50?,51?;/m0./s1. The Bertz CT molecular complexity index is 3350. The van der Waals surface area contributed by atoms with Crippen LogP contribution in [0.3, 0.4) is 0 Å². The maximum atomic E-state index is 14.7. The van der Waals surface area contributed by atoms with Crippen LogP contribution in [0.1, 0.15) is 87.2 Å². The summed E-state index contributed by atoms with van der Waals surface area (Å²) in [6.07, 6.45) is -9.71. The Kier molecular flexibility index (Phi) is 26.1. The normalized spacial score (nSPS) is 26.9. The predicted molar refractivity (Wildman–Crippen MR) is 330 cm³/mol. The van der Waals surface area contributed by atoms with Gasteiger partial charge in [-0.3, -0.25) is 48.3 Å². The first kappa shape index (κ1) is 74.1. The molecule has 32 nitrogen and oxygen atoms in total. The van der Waals surface area contributed by atoms with Crippen LogP contribution in [-0.2, 0) is 42.9 Å². The number of aliphatic hydroxyl groups excluding tert-OH is 7. The van der Waals surface area contributed by atoms with Crippen LogP contribution in [0.5, 0.6) is 11.5 Å². The van der Waals surface area contributed by atoms with Gasteiger partial charge in [-0.25, -0.2) is 0 Å². The molecule has 4 aromatic rings. The van der Waals surface area contributed by atoms with Crippen molar-refractivity contribution in [3.63, 3.8) is 0 Å². The van der Waals surface area contributed by atoms with Gasteiger partial charge in [0.1, 0.15) is 58.5 Å². The minimum Gasteiger partial charge on any atom is -0.691 e. The van der Waals surface area contributed by atoms with Crippen molar-refractivity contribution in [2.45, 2.75) is 150 Å². The number of aliphatic hydroxyl groups is 7. The van der Waals surface area contributed by atoms with Crippen LogP contribution >= 0.6 is 23.7 Å². The van der Waals surface area contributed by atoms with E-state index in [9.17, 15) is 84.5 Å². The molecule has 5 fully saturated rings. The number of nitrogens with two attached hydrogens (primary N) is 1. The number of nitrogens with zero attached hydrogens (tertiary/aromatic N) is 6. The molecule has 35 heteroatoms. The molecule has 13 unspecified atom stereocenters. The van der Waals surface area contributed by atoms with Gasteiger partial charge in [0.25, 0.3) is 18.2 Å². The number of carbonyl (C=O) groups excluding carboxylic acids is 8. The summed E-state index contributed by atoms with van der Waals surface area (Å²) in [7, 11) is 0. The summed E-state index contributed by atoms with van der Waals surface area (Å²) in [5.74, 6) is -11.9. The van der Waals surface area contributed by atoms with Gasteiger partial charge in [0.15, 0.2) is 11.5 Å². The quantitative estimate of drug-likeness (QED) is 0.0154. The molecule has 0 radical (unpaired) electrons. The number of aromatic nitrogens is 2. The Balaban J connectivity index is 0.0000116. The van der Waals surface area contributed by atoms with Crippen molar-refractivity contribution in [2.24, 2.45) is 11.7 Å². The van der Waals surface area contributed by atoms with Crippen molar-refractivity contribution < 1.29 is 128 Å². The number of piperazine rings is 1. The average molecular weight is 1370 g/mol. The molecule has 0 bridgehead atoms. The molecule has 95 heavy (non-hydrogen) atoms. The molecule has 4 aliphatic heterocycles. The van der Waals surface area contributed by atoms with Crippen LogP contribution in [0.25, 0.3) is 21.1 Å². The summed E-state index contributed by atoms with van der Waals surface area (Å²) in [6, 6.07) is 5.53. The largest absolute Gasteiger partial charge is 1.00 e. The molecule has 15 N–H and O–H groups in total. The second-order valence-electron chi connectivity index (χ2n) is 24.2. The number of amides is 8. The van der Waals surface area contributed by atoms with Crippen molar-refractivity contribution in [1.82, 2.24) is 51.5 Å². The van der Waals surface area contributed by atoms with E-state index in [1.165, 1.54) is 62.5 Å². The van der Waals surface area contributed by atoms with E-state index in [-0.39, 0.29) is 53.0 Å². The molecule has 4 saturated heterocycles. The van der Waals surface area contributed by atoms with E-state index in [1.807, 2.05) is 12.1 Å². The molecule has 5 aliphatic rings. The Morgan fingerprint density at radius 1 is 0.768 bits per heavy atom. The number of primary amides is 1. The van der Waals surface area contributed by atoms with Gasteiger partial charge in [0, 0.05) is 93.0 Å². The first-order valence-corrected chi connectivity index (χ1v) is 32.2. The van der Waals surface area contributed by atoms with Crippen LogP contribution in [0.15, 0.2) is 66.7 Å². The molecule has 1 saturated carbocycles. The van der Waals surface area contributed by atoms with Crippen LogP contribution in [-0.4, -0.2) is 238 Å². The predicted octanol–water partition coefficient (Wildman–Crippen LogP) is -6.48. The summed E-state index contributed by atoms with van der Waals surface area (Å²) >= 11 is 1.24. The number of hydrogen-bond acceptors (Lipinski definition) is 26. The van der Waals surface area contributed by atoms with E-state index < -0.39 is 183 Å². The van der Waals surface area contributed by atoms with Gasteiger partial charge in [-0.1, -0.05) is 55.7 Å². The molecule has 1 aromatic heterocycles. The first-order chi connectivity index (χ1) is 44.9. The summed E-state index contributed by atoms with van der Waals surface area (Å²) in [4.78, 5) is 120. The fourth-order valence-corrected chi connectivity index (χ4v) is 13.6. The van der Waals surface area contributed by atoms with E-state index >= 15 is 0 Å². The second-order valence-corrected chi connectivity index (χ2v) is 25.6. The van der Waals surface area contributed by atoms with E-state index in [1.54, 1.807) is 12.1 Å². The Morgan fingerprint density at radius 2 is 1.39 bits per heavy atom. The van der Waals surface area contributed by atoms with Gasteiger partial charge in [0.2, 0.25) is 41.4 Å². The van der Waals surface area contributed by atoms with E-state index in [0.29, 0.717) is 21.6 Å². The number of hydrogen-bond donors (Lipinski definition) is 14. The SMILES string of the molecule is CC(O)C1NC(=O)[C@@H](NC(=O)c2ccc(-c3nnc(-c4ccc(N5CCN(C6CCCCC6)CC5)cc4)s3)cc2)CC(O)CNC(=O)C2C(O)C(C)CN2C(=O)C(C(O)CC(N)=O)NC(=O)C(C(O)C(O)c2ccc(O)c(OSOO[O-])c2)NC(=O)C2CC(O)CN2C1=O.[Na+]. The molecular weight excluding hydrogens is 1300 g/mol. The van der Waals surface area contributed by atoms with Crippen LogP contribution in [0, 0.1) is 5.92 Å². The second kappa shape index (κ2) is 33.5. The zero-order chi connectivity index (χ0) is 67.7. The number of nitrogens with one attached hydrogen (secondary N) is 5. The minimum absolute atomic E-state index is 0.